The van der Waals surface area contributed by atoms with Crippen LogP contribution in [0.4, 0.5) is 5.69 Å². The van der Waals surface area contributed by atoms with Crippen molar-refractivity contribution >= 4 is 23.5 Å². The number of benzene rings is 1. The second-order valence-electron chi connectivity index (χ2n) is 7.98. The number of carbonyl (C=O) groups is 2. The summed E-state index contributed by atoms with van der Waals surface area (Å²) < 4.78 is 0. The number of allylic oxidation sites excluding steroid dienone is 1. The van der Waals surface area contributed by atoms with E-state index < -0.39 is 0 Å². The van der Waals surface area contributed by atoms with E-state index >= 15 is 0 Å². The minimum absolute atomic E-state index is 0.0295. The number of pyridine rings is 1. The molecule has 0 aliphatic heterocycles. The van der Waals surface area contributed by atoms with Gasteiger partial charge < -0.3 is 5.32 Å². The van der Waals surface area contributed by atoms with Gasteiger partial charge in [0.2, 0.25) is 0 Å². The van der Waals surface area contributed by atoms with E-state index in [9.17, 15) is 9.59 Å². The number of hydrogen-bond acceptors (Lipinski definition) is 3. The van der Waals surface area contributed by atoms with E-state index in [0.717, 1.165) is 36.2 Å². The average Bonchev–Trinajstić information content (AvgIpc) is 2.86. The fourth-order valence-electron chi connectivity index (χ4n) is 4.92. The van der Waals surface area contributed by atoms with Crippen molar-refractivity contribution in [1.82, 2.24) is 4.98 Å². The Labute approximate surface area is 166 Å². The van der Waals surface area contributed by atoms with Gasteiger partial charge in [-0.2, -0.15) is 0 Å². The van der Waals surface area contributed by atoms with Crippen molar-refractivity contribution < 1.29 is 9.59 Å². The highest BCUT2D eigenvalue weighted by atomic mass is 16.1. The Hall–Kier alpha value is -2.75. The van der Waals surface area contributed by atoms with Crippen LogP contribution in [0.3, 0.4) is 0 Å². The molecule has 1 fully saturated rings. The highest BCUT2D eigenvalue weighted by Gasteiger charge is 2.44. The molecule has 4 rings (SSSR count). The molecule has 1 N–H and O–H groups in total. The largest absolute Gasteiger partial charge is 0.320 e. The summed E-state index contributed by atoms with van der Waals surface area (Å²) in [7, 11) is 0. The predicted octanol–water partition coefficient (Wildman–Crippen LogP) is 5.08. The molecule has 0 bridgehead atoms. The number of ketones is 1. The summed E-state index contributed by atoms with van der Waals surface area (Å²) in [6.45, 7) is 4.11. The van der Waals surface area contributed by atoms with Gasteiger partial charge in [-0.1, -0.05) is 25.1 Å². The molecule has 4 nitrogen and oxygen atoms in total. The van der Waals surface area contributed by atoms with Crippen molar-refractivity contribution in [3.8, 4) is 0 Å². The lowest BCUT2D eigenvalue weighted by Gasteiger charge is -2.43. The Balaban J connectivity index is 1.68. The normalized spacial score (nSPS) is 23.5. The smallest absolute Gasteiger partial charge is 0.255 e. The summed E-state index contributed by atoms with van der Waals surface area (Å²) in [4.78, 5) is 29.1. The third-order valence-corrected chi connectivity index (χ3v) is 6.56. The number of rotatable bonds is 3. The quantitative estimate of drug-likeness (QED) is 0.815. The van der Waals surface area contributed by atoms with Gasteiger partial charge in [0.1, 0.15) is 5.78 Å². The Morgan fingerprint density at radius 3 is 2.96 bits per heavy atom. The van der Waals surface area contributed by atoms with E-state index in [1.54, 1.807) is 6.20 Å². The molecule has 1 aromatic heterocycles. The molecule has 0 radical (unpaired) electrons. The van der Waals surface area contributed by atoms with Crippen molar-refractivity contribution in [3.05, 3.63) is 65.0 Å². The number of aromatic nitrogens is 1. The summed E-state index contributed by atoms with van der Waals surface area (Å²) in [5.74, 6) is 0.611. The third-order valence-electron chi connectivity index (χ3n) is 6.56. The third kappa shape index (κ3) is 3.17. The maximum atomic E-state index is 12.8. The van der Waals surface area contributed by atoms with Crippen LogP contribution in [0, 0.1) is 12.8 Å². The number of amides is 1. The van der Waals surface area contributed by atoms with Crippen molar-refractivity contribution in [2.45, 2.75) is 51.4 Å². The fraction of sp³-hybridized carbons (Fsp3) is 0.375. The molecule has 144 valence electrons. The molecule has 2 aromatic rings. The van der Waals surface area contributed by atoms with Gasteiger partial charge in [0, 0.05) is 24.6 Å². The molecule has 0 saturated heterocycles. The lowest BCUT2D eigenvalue weighted by Crippen LogP contribution is -2.40. The van der Waals surface area contributed by atoms with Crippen LogP contribution in [0.5, 0.6) is 0 Å². The first-order valence-electron chi connectivity index (χ1n) is 10.1. The van der Waals surface area contributed by atoms with E-state index in [1.165, 1.54) is 5.56 Å². The van der Waals surface area contributed by atoms with Crippen LogP contribution in [0.25, 0.3) is 6.08 Å². The van der Waals surface area contributed by atoms with Gasteiger partial charge in [-0.25, -0.2) is 0 Å². The lowest BCUT2D eigenvalue weighted by atomic mass is 9.60. The molecule has 1 saturated carbocycles. The molecule has 4 heteroatoms. The molecule has 2 aliphatic carbocycles. The monoisotopic (exact) mass is 374 g/mol. The van der Waals surface area contributed by atoms with Gasteiger partial charge in [-0.15, -0.1) is 0 Å². The zero-order valence-corrected chi connectivity index (χ0v) is 16.5. The van der Waals surface area contributed by atoms with E-state index in [1.807, 2.05) is 31.2 Å². The number of nitrogens with zero attached hydrogens (tertiary/aromatic N) is 1. The molecular formula is C24H26N2O2. The van der Waals surface area contributed by atoms with Gasteiger partial charge in [-0.05, 0) is 72.9 Å². The van der Waals surface area contributed by atoms with E-state index in [-0.39, 0.29) is 11.3 Å². The number of aryl methyl sites for hydroxylation is 1. The van der Waals surface area contributed by atoms with Gasteiger partial charge in [0.15, 0.2) is 0 Å². The second kappa shape index (κ2) is 7.34. The molecule has 1 amide bonds. The second-order valence-corrected chi connectivity index (χ2v) is 7.98. The van der Waals surface area contributed by atoms with E-state index in [0.29, 0.717) is 30.1 Å². The van der Waals surface area contributed by atoms with E-state index in [4.69, 9.17) is 0 Å². The van der Waals surface area contributed by atoms with Crippen LogP contribution in [0.15, 0.2) is 42.6 Å². The molecular weight excluding hydrogens is 348 g/mol. The first kappa shape index (κ1) is 18.6. The number of nitrogens with one attached hydrogen (secondary N) is 1. The first-order chi connectivity index (χ1) is 13.5. The van der Waals surface area contributed by atoms with Crippen LogP contribution in [0.2, 0.25) is 0 Å². The van der Waals surface area contributed by atoms with Crippen LogP contribution in [0.1, 0.15) is 66.2 Å². The maximum absolute atomic E-state index is 12.8. The van der Waals surface area contributed by atoms with Gasteiger partial charge in [-0.3, -0.25) is 14.6 Å². The summed E-state index contributed by atoms with van der Waals surface area (Å²) in [5.41, 5.74) is 4.59. The standard InChI is InChI=1S/C24H26N2O2/c1-3-24-12-11-20(27)15-19(24)7-4-6-17-14-18(9-10-21(17)24)23(28)26-22-8-5-13-25-16(22)2/h4-6,8-10,13-14,19H,3,7,11-12,15H2,1-2H3,(H,26,28). The van der Waals surface area contributed by atoms with Crippen LogP contribution >= 0.6 is 0 Å². The predicted molar refractivity (Wildman–Crippen MR) is 111 cm³/mol. The van der Waals surface area contributed by atoms with Crippen molar-refractivity contribution in [1.29, 1.82) is 0 Å². The zero-order valence-electron chi connectivity index (χ0n) is 16.5. The van der Waals surface area contributed by atoms with Crippen molar-refractivity contribution in [3.63, 3.8) is 0 Å². The summed E-state index contributed by atoms with van der Waals surface area (Å²) in [6.07, 6.45) is 10.2. The van der Waals surface area contributed by atoms with Crippen LogP contribution < -0.4 is 5.32 Å². The molecule has 2 atom stereocenters. The fourth-order valence-corrected chi connectivity index (χ4v) is 4.92. The number of Topliss-reactive ketones (excluding diaryl/α,β-unsaturated/α-hetero) is 1. The number of carbonyl (C=O) groups excluding carboxylic acids is 2. The van der Waals surface area contributed by atoms with Crippen molar-refractivity contribution in [2.75, 3.05) is 5.32 Å². The molecule has 1 heterocycles. The molecule has 2 aliphatic rings. The first-order valence-corrected chi connectivity index (χ1v) is 10.1. The molecule has 2 unspecified atom stereocenters. The zero-order chi connectivity index (χ0) is 19.7. The summed E-state index contributed by atoms with van der Waals surface area (Å²) in [6, 6.07) is 9.70. The SMILES string of the molecule is CCC12CCC(=O)CC1CC=Cc1cc(C(=O)Nc3cccnc3C)ccc12. The maximum Gasteiger partial charge on any atom is 0.255 e. The highest BCUT2D eigenvalue weighted by molar-refractivity contribution is 6.05. The molecule has 0 spiro atoms. The van der Waals surface area contributed by atoms with Gasteiger partial charge in [0.25, 0.3) is 5.91 Å². The minimum Gasteiger partial charge on any atom is -0.320 e. The Morgan fingerprint density at radius 1 is 1.32 bits per heavy atom. The molecule has 28 heavy (non-hydrogen) atoms. The van der Waals surface area contributed by atoms with Crippen molar-refractivity contribution in [2.24, 2.45) is 5.92 Å². The number of fused-ring (bicyclic) bond motifs is 3. The van der Waals surface area contributed by atoms with Crippen LogP contribution in [-0.4, -0.2) is 16.7 Å². The Kier molecular flexibility index (Phi) is 4.88. The Bertz CT molecular complexity index is 963. The lowest BCUT2D eigenvalue weighted by molar-refractivity contribution is -0.123. The van der Waals surface area contributed by atoms with Gasteiger partial charge >= 0.3 is 0 Å². The minimum atomic E-state index is -0.127. The number of anilines is 1. The van der Waals surface area contributed by atoms with Crippen LogP contribution in [-0.2, 0) is 10.2 Å². The summed E-state index contributed by atoms with van der Waals surface area (Å²) in [5, 5.41) is 2.96. The average molecular weight is 374 g/mol. The summed E-state index contributed by atoms with van der Waals surface area (Å²) >= 11 is 0. The van der Waals surface area contributed by atoms with Gasteiger partial charge in [0.05, 0.1) is 11.4 Å². The molecule has 1 aromatic carbocycles. The highest BCUT2D eigenvalue weighted by Crippen LogP contribution is 2.49. The number of hydrogen-bond donors (Lipinski definition) is 1. The topological polar surface area (TPSA) is 59.1 Å². The van der Waals surface area contributed by atoms with E-state index in [2.05, 4.69) is 35.4 Å². The Morgan fingerprint density at radius 2 is 2.18 bits per heavy atom.